The lowest BCUT2D eigenvalue weighted by atomic mass is 10.1. The molecule has 0 fully saturated rings. The third kappa shape index (κ3) is 3.33. The summed E-state index contributed by atoms with van der Waals surface area (Å²) in [4.78, 5) is 12.4. The van der Waals surface area contributed by atoms with Crippen molar-refractivity contribution in [3.8, 4) is 11.8 Å². The first-order valence-electron chi connectivity index (χ1n) is 8.11. The number of ether oxygens (including phenoxy) is 1. The molecule has 0 saturated carbocycles. The van der Waals surface area contributed by atoms with Crippen molar-refractivity contribution in [3.63, 3.8) is 0 Å². The molecule has 25 heavy (non-hydrogen) atoms. The number of amides is 1. The molecule has 0 spiro atoms. The van der Waals surface area contributed by atoms with E-state index in [2.05, 4.69) is 18.3 Å². The summed E-state index contributed by atoms with van der Waals surface area (Å²) in [5.74, 6) is 0.595. The molecule has 1 N–H and O–H groups in total. The lowest BCUT2D eigenvalue weighted by Gasteiger charge is -2.10. The minimum Gasteiger partial charge on any atom is -0.497 e. The number of fused-ring (bicyclic) bond motifs is 1. The number of carbonyl (C=O) groups is 1. The molecule has 0 atom stereocenters. The Bertz CT molecular complexity index is 949. The molecule has 0 saturated heterocycles. The number of para-hydroxylation sites is 1. The molecular formula is C20H19N3O2. The molecular weight excluding hydrogens is 314 g/mol. The Kier molecular flexibility index (Phi) is 4.71. The van der Waals surface area contributed by atoms with Gasteiger partial charge in [-0.15, -0.1) is 0 Å². The smallest absolute Gasteiger partial charge is 0.244 e. The van der Waals surface area contributed by atoms with Gasteiger partial charge >= 0.3 is 0 Å². The van der Waals surface area contributed by atoms with E-state index in [1.54, 1.807) is 37.6 Å². The molecule has 1 heterocycles. The molecule has 2 aromatic carbocycles. The Balaban J connectivity index is 1.86. The van der Waals surface area contributed by atoms with E-state index in [0.29, 0.717) is 11.3 Å². The highest BCUT2D eigenvalue weighted by molar-refractivity contribution is 5.94. The van der Waals surface area contributed by atoms with Crippen LogP contribution >= 0.6 is 0 Å². The number of rotatable bonds is 5. The predicted octanol–water partition coefficient (Wildman–Crippen LogP) is 3.72. The first-order chi connectivity index (χ1) is 12.2. The summed E-state index contributed by atoms with van der Waals surface area (Å²) in [6.45, 7) is 2.22. The van der Waals surface area contributed by atoms with Crippen LogP contribution in [-0.4, -0.2) is 17.6 Å². The van der Waals surface area contributed by atoms with Gasteiger partial charge in [-0.1, -0.05) is 25.1 Å². The average Bonchev–Trinajstić information content (AvgIpc) is 3.00. The number of benzene rings is 2. The molecule has 5 nitrogen and oxygen atoms in total. The van der Waals surface area contributed by atoms with Crippen molar-refractivity contribution in [1.29, 1.82) is 5.26 Å². The van der Waals surface area contributed by atoms with Gasteiger partial charge in [0.05, 0.1) is 18.2 Å². The fraction of sp³-hybridized carbons (Fsp3) is 0.200. The zero-order valence-corrected chi connectivity index (χ0v) is 14.2. The molecule has 1 aromatic heterocycles. The number of nitrogens with zero attached hydrogens (tertiary/aromatic N) is 2. The van der Waals surface area contributed by atoms with Crippen LogP contribution in [0.3, 0.4) is 0 Å². The molecule has 0 radical (unpaired) electrons. The monoisotopic (exact) mass is 333 g/mol. The van der Waals surface area contributed by atoms with Gasteiger partial charge in [-0.05, 0) is 36.2 Å². The number of nitrogens with one attached hydrogen (secondary N) is 1. The van der Waals surface area contributed by atoms with Gasteiger partial charge in [-0.2, -0.15) is 5.26 Å². The van der Waals surface area contributed by atoms with E-state index >= 15 is 0 Å². The molecule has 3 aromatic rings. The van der Waals surface area contributed by atoms with Crippen molar-refractivity contribution >= 4 is 22.5 Å². The molecule has 5 heteroatoms. The number of anilines is 1. The Morgan fingerprint density at radius 2 is 2.00 bits per heavy atom. The molecule has 0 aliphatic carbocycles. The van der Waals surface area contributed by atoms with Crippen LogP contribution in [-0.2, 0) is 17.8 Å². The standard InChI is InChI=1S/C20H19N3O2/c1-3-14-5-4-6-18-15(11-21)12-23(20(14)18)13-19(24)22-16-7-9-17(25-2)10-8-16/h4-10,12H,3,13H2,1-2H3,(H,22,24). The Morgan fingerprint density at radius 1 is 1.24 bits per heavy atom. The van der Waals surface area contributed by atoms with Gasteiger partial charge in [0.15, 0.2) is 0 Å². The van der Waals surface area contributed by atoms with E-state index in [1.807, 2.05) is 22.8 Å². The maximum Gasteiger partial charge on any atom is 0.244 e. The zero-order valence-electron chi connectivity index (χ0n) is 14.2. The van der Waals surface area contributed by atoms with Gasteiger partial charge < -0.3 is 14.6 Å². The van der Waals surface area contributed by atoms with Crippen LogP contribution in [0.15, 0.2) is 48.7 Å². The highest BCUT2D eigenvalue weighted by atomic mass is 16.5. The summed E-state index contributed by atoms with van der Waals surface area (Å²) in [7, 11) is 1.60. The number of hydrogen-bond acceptors (Lipinski definition) is 3. The van der Waals surface area contributed by atoms with Gasteiger partial charge in [0.25, 0.3) is 0 Å². The van der Waals surface area contributed by atoms with Crippen molar-refractivity contribution in [2.24, 2.45) is 0 Å². The number of aryl methyl sites for hydroxylation is 1. The third-order valence-corrected chi connectivity index (χ3v) is 4.17. The first kappa shape index (κ1) is 16.6. The number of aromatic nitrogens is 1. The highest BCUT2D eigenvalue weighted by Gasteiger charge is 2.13. The summed E-state index contributed by atoms with van der Waals surface area (Å²) in [5, 5.41) is 13.1. The van der Waals surface area contributed by atoms with Gasteiger partial charge in [0, 0.05) is 17.3 Å². The molecule has 0 bridgehead atoms. The summed E-state index contributed by atoms with van der Waals surface area (Å²) in [6, 6.07) is 15.3. The van der Waals surface area contributed by atoms with Gasteiger partial charge in [0.2, 0.25) is 5.91 Å². The predicted molar refractivity (Wildman–Crippen MR) is 97.7 cm³/mol. The SMILES string of the molecule is CCc1cccc2c(C#N)cn(CC(=O)Nc3ccc(OC)cc3)c12. The Labute approximate surface area is 146 Å². The number of carbonyl (C=O) groups excluding carboxylic acids is 1. The van der Waals surface area contributed by atoms with Crippen molar-refractivity contribution in [2.75, 3.05) is 12.4 Å². The third-order valence-electron chi connectivity index (χ3n) is 4.17. The fourth-order valence-corrected chi connectivity index (χ4v) is 2.97. The Morgan fingerprint density at radius 3 is 2.64 bits per heavy atom. The molecule has 126 valence electrons. The van der Waals surface area contributed by atoms with Crippen LogP contribution in [0.2, 0.25) is 0 Å². The van der Waals surface area contributed by atoms with Crippen LogP contribution in [0, 0.1) is 11.3 Å². The summed E-state index contributed by atoms with van der Waals surface area (Å²) < 4.78 is 6.96. The van der Waals surface area contributed by atoms with E-state index < -0.39 is 0 Å². The number of methoxy groups -OCH3 is 1. The number of nitriles is 1. The van der Waals surface area contributed by atoms with Crippen molar-refractivity contribution in [3.05, 3.63) is 59.8 Å². The highest BCUT2D eigenvalue weighted by Crippen LogP contribution is 2.25. The number of hydrogen-bond donors (Lipinski definition) is 1. The second-order valence-electron chi connectivity index (χ2n) is 5.73. The average molecular weight is 333 g/mol. The summed E-state index contributed by atoms with van der Waals surface area (Å²) >= 11 is 0. The van der Waals surface area contributed by atoms with Crippen LogP contribution in [0.1, 0.15) is 18.1 Å². The van der Waals surface area contributed by atoms with E-state index in [0.717, 1.165) is 28.6 Å². The van der Waals surface area contributed by atoms with E-state index in [9.17, 15) is 10.1 Å². The van der Waals surface area contributed by atoms with Gasteiger partial charge in [0.1, 0.15) is 18.4 Å². The molecule has 1 amide bonds. The van der Waals surface area contributed by atoms with Crippen LogP contribution in [0.25, 0.3) is 10.9 Å². The van der Waals surface area contributed by atoms with Crippen LogP contribution in [0.4, 0.5) is 5.69 Å². The maximum atomic E-state index is 12.4. The molecule has 0 unspecified atom stereocenters. The summed E-state index contributed by atoms with van der Waals surface area (Å²) in [6.07, 6.45) is 2.59. The maximum absolute atomic E-state index is 12.4. The zero-order chi connectivity index (χ0) is 17.8. The quantitative estimate of drug-likeness (QED) is 0.774. The van der Waals surface area contributed by atoms with Crippen molar-refractivity contribution in [2.45, 2.75) is 19.9 Å². The second kappa shape index (κ2) is 7.10. The van der Waals surface area contributed by atoms with Crippen molar-refractivity contribution in [1.82, 2.24) is 4.57 Å². The molecule has 0 aliphatic rings. The van der Waals surface area contributed by atoms with E-state index in [-0.39, 0.29) is 12.5 Å². The van der Waals surface area contributed by atoms with Crippen LogP contribution in [0.5, 0.6) is 5.75 Å². The first-order valence-corrected chi connectivity index (χ1v) is 8.11. The lowest BCUT2D eigenvalue weighted by Crippen LogP contribution is -2.18. The van der Waals surface area contributed by atoms with E-state index in [4.69, 9.17) is 4.74 Å². The van der Waals surface area contributed by atoms with E-state index in [1.165, 1.54) is 0 Å². The largest absolute Gasteiger partial charge is 0.497 e. The minimum absolute atomic E-state index is 0.141. The van der Waals surface area contributed by atoms with Gasteiger partial charge in [-0.25, -0.2) is 0 Å². The topological polar surface area (TPSA) is 67.0 Å². The van der Waals surface area contributed by atoms with Crippen molar-refractivity contribution < 1.29 is 9.53 Å². The van der Waals surface area contributed by atoms with Crippen LogP contribution < -0.4 is 10.1 Å². The minimum atomic E-state index is -0.141. The fourth-order valence-electron chi connectivity index (χ4n) is 2.97. The normalized spacial score (nSPS) is 10.4. The molecule has 0 aliphatic heterocycles. The molecule has 3 rings (SSSR count). The lowest BCUT2D eigenvalue weighted by molar-refractivity contribution is -0.116. The van der Waals surface area contributed by atoms with Gasteiger partial charge in [-0.3, -0.25) is 4.79 Å². The Hall–Kier alpha value is -3.26. The second-order valence-corrected chi connectivity index (χ2v) is 5.73. The summed E-state index contributed by atoms with van der Waals surface area (Å²) in [5.41, 5.74) is 3.36.